The lowest BCUT2D eigenvalue weighted by Crippen LogP contribution is -2.34. The molecule has 0 unspecified atom stereocenters. The number of aromatic nitrogens is 4. The van der Waals surface area contributed by atoms with E-state index in [9.17, 15) is 8.42 Å². The minimum absolute atomic E-state index is 0.391. The number of aryl methyl sites for hydroxylation is 2. The lowest BCUT2D eigenvalue weighted by atomic mass is 10.2. The van der Waals surface area contributed by atoms with Gasteiger partial charge in [0.25, 0.3) is 0 Å². The van der Waals surface area contributed by atoms with E-state index in [4.69, 9.17) is 15.1 Å². The molecule has 0 N–H and O–H groups in total. The van der Waals surface area contributed by atoms with Gasteiger partial charge in [-0.1, -0.05) is 55.5 Å². The number of nitrogens with zero attached hydrogens (tertiary/aromatic N) is 6. The van der Waals surface area contributed by atoms with Gasteiger partial charge in [0.15, 0.2) is 5.65 Å². The number of sulfonamides is 1. The van der Waals surface area contributed by atoms with Gasteiger partial charge in [0, 0.05) is 38.0 Å². The fourth-order valence-corrected chi connectivity index (χ4v) is 5.91. The highest BCUT2D eigenvalue weighted by atomic mass is 32.2. The quantitative estimate of drug-likeness (QED) is 0.357. The summed E-state index contributed by atoms with van der Waals surface area (Å²) >= 11 is 0. The number of anilines is 1. The maximum Gasteiger partial charge on any atom is 0.236 e. The molecule has 2 aromatic heterocycles. The first-order valence-electron chi connectivity index (χ1n) is 12.8. The Hall–Kier alpha value is -3.56. The highest BCUT2D eigenvalue weighted by Gasteiger charge is 2.27. The van der Waals surface area contributed by atoms with Gasteiger partial charge < -0.3 is 4.90 Å². The summed E-state index contributed by atoms with van der Waals surface area (Å²) in [6, 6.07) is 19.5. The smallest absolute Gasteiger partial charge is 0.236 e. The number of hydrogen-bond donors (Lipinski definition) is 0. The van der Waals surface area contributed by atoms with Crippen LogP contribution in [0.5, 0.6) is 0 Å². The first-order chi connectivity index (χ1) is 18.0. The maximum absolute atomic E-state index is 13.1. The standard InChI is InChI=1S/C28H32N6O2S/c1-3-11-25-29-27(26-22(2)31-34(28(26)30-25)24-14-8-5-9-15-24)32-17-10-18-33(20-19-32)37(35,36)21-16-23-12-6-4-7-13-23/h4-9,12-16,21H,3,10-11,17-20H2,1-2H3/b21-16+. The Morgan fingerprint density at radius 2 is 1.65 bits per heavy atom. The van der Waals surface area contributed by atoms with Crippen molar-refractivity contribution in [1.29, 1.82) is 0 Å². The largest absolute Gasteiger partial charge is 0.355 e. The lowest BCUT2D eigenvalue weighted by Gasteiger charge is -2.23. The normalized spacial score (nSPS) is 15.5. The van der Waals surface area contributed by atoms with Crippen LogP contribution in [0.1, 0.15) is 36.8 Å². The first kappa shape index (κ1) is 25.1. The summed E-state index contributed by atoms with van der Waals surface area (Å²) in [6.07, 6.45) is 4.06. The zero-order valence-corrected chi connectivity index (χ0v) is 22.1. The summed E-state index contributed by atoms with van der Waals surface area (Å²) in [5, 5.41) is 7.05. The van der Waals surface area contributed by atoms with Crippen LogP contribution in [0.25, 0.3) is 22.8 Å². The topological polar surface area (TPSA) is 84.2 Å². The van der Waals surface area contributed by atoms with Crippen molar-refractivity contribution in [3.05, 3.63) is 83.2 Å². The van der Waals surface area contributed by atoms with Crippen LogP contribution in [0.3, 0.4) is 0 Å². The third-order valence-corrected chi connectivity index (χ3v) is 8.12. The number of para-hydroxylation sites is 1. The second kappa shape index (κ2) is 10.8. The molecule has 1 aliphatic rings. The van der Waals surface area contributed by atoms with Crippen LogP contribution in [-0.2, 0) is 16.4 Å². The van der Waals surface area contributed by atoms with E-state index in [1.807, 2.05) is 72.3 Å². The molecule has 2 aromatic carbocycles. The summed E-state index contributed by atoms with van der Waals surface area (Å²) in [5.41, 5.74) is 3.46. The van der Waals surface area contributed by atoms with Gasteiger partial charge in [-0.3, -0.25) is 0 Å². The van der Waals surface area contributed by atoms with Crippen LogP contribution in [0, 0.1) is 6.92 Å². The average Bonchev–Trinajstić information content (AvgIpc) is 3.07. The number of hydrogen-bond acceptors (Lipinski definition) is 6. The maximum atomic E-state index is 13.1. The number of rotatable bonds is 7. The molecule has 192 valence electrons. The molecule has 8 nitrogen and oxygen atoms in total. The molecule has 3 heterocycles. The second-order valence-electron chi connectivity index (χ2n) is 9.24. The molecule has 0 saturated carbocycles. The summed E-state index contributed by atoms with van der Waals surface area (Å²) < 4.78 is 29.7. The Bertz CT molecular complexity index is 1500. The minimum Gasteiger partial charge on any atom is -0.355 e. The summed E-state index contributed by atoms with van der Waals surface area (Å²) in [4.78, 5) is 12.1. The molecule has 1 fully saturated rings. The molecule has 5 rings (SSSR count). The van der Waals surface area contributed by atoms with Gasteiger partial charge in [0.05, 0.1) is 16.8 Å². The molecular formula is C28H32N6O2S. The SMILES string of the molecule is CCCc1nc(N2CCCN(S(=O)(=O)/C=C/c3ccccc3)CC2)c2c(C)nn(-c3ccccc3)c2n1. The molecule has 0 spiro atoms. The highest BCUT2D eigenvalue weighted by molar-refractivity contribution is 7.92. The van der Waals surface area contributed by atoms with Gasteiger partial charge in [0.2, 0.25) is 10.0 Å². The van der Waals surface area contributed by atoms with E-state index in [1.165, 1.54) is 5.41 Å². The molecule has 37 heavy (non-hydrogen) atoms. The first-order valence-corrected chi connectivity index (χ1v) is 14.3. The predicted octanol–water partition coefficient (Wildman–Crippen LogP) is 4.59. The third-order valence-electron chi connectivity index (χ3n) is 6.55. The van der Waals surface area contributed by atoms with Crippen LogP contribution in [0.2, 0.25) is 0 Å². The van der Waals surface area contributed by atoms with Crippen LogP contribution < -0.4 is 4.90 Å². The van der Waals surface area contributed by atoms with E-state index in [2.05, 4.69) is 11.8 Å². The van der Waals surface area contributed by atoms with Gasteiger partial charge >= 0.3 is 0 Å². The average molecular weight is 517 g/mol. The fourth-order valence-electron chi connectivity index (χ4n) is 4.69. The minimum atomic E-state index is -3.53. The van der Waals surface area contributed by atoms with Crippen molar-refractivity contribution in [1.82, 2.24) is 24.1 Å². The van der Waals surface area contributed by atoms with E-state index in [-0.39, 0.29) is 0 Å². The lowest BCUT2D eigenvalue weighted by molar-refractivity contribution is 0.440. The van der Waals surface area contributed by atoms with Crippen LogP contribution >= 0.6 is 0 Å². The summed E-state index contributed by atoms with van der Waals surface area (Å²) in [5.74, 6) is 1.62. The Morgan fingerprint density at radius 3 is 2.38 bits per heavy atom. The van der Waals surface area contributed by atoms with Crippen LogP contribution in [0.15, 0.2) is 66.1 Å². The number of fused-ring (bicyclic) bond motifs is 1. The molecule has 0 atom stereocenters. The fraction of sp³-hybridized carbons (Fsp3) is 0.321. The Balaban J connectivity index is 1.46. The van der Waals surface area contributed by atoms with Crippen molar-refractivity contribution in [3.63, 3.8) is 0 Å². The molecule has 4 aromatic rings. The van der Waals surface area contributed by atoms with Crippen molar-refractivity contribution in [2.75, 3.05) is 31.1 Å². The van der Waals surface area contributed by atoms with Crippen LogP contribution in [-0.4, -0.2) is 58.7 Å². The highest BCUT2D eigenvalue weighted by Crippen LogP contribution is 2.30. The van der Waals surface area contributed by atoms with E-state index < -0.39 is 10.0 Å². The van der Waals surface area contributed by atoms with E-state index in [0.29, 0.717) is 32.6 Å². The van der Waals surface area contributed by atoms with Gasteiger partial charge in [-0.25, -0.2) is 23.1 Å². The monoisotopic (exact) mass is 516 g/mol. The van der Waals surface area contributed by atoms with Crippen molar-refractivity contribution in [2.24, 2.45) is 0 Å². The van der Waals surface area contributed by atoms with Gasteiger partial charge in [-0.2, -0.15) is 9.40 Å². The van der Waals surface area contributed by atoms with E-state index >= 15 is 0 Å². The Labute approximate surface area is 218 Å². The molecular weight excluding hydrogens is 484 g/mol. The molecule has 0 aliphatic carbocycles. The molecule has 9 heteroatoms. The van der Waals surface area contributed by atoms with Crippen LogP contribution in [0.4, 0.5) is 5.82 Å². The third kappa shape index (κ3) is 5.42. The molecule has 0 amide bonds. The number of benzene rings is 2. The van der Waals surface area contributed by atoms with Gasteiger partial charge in [-0.05, 0) is 43.5 Å². The second-order valence-corrected chi connectivity index (χ2v) is 11.1. The van der Waals surface area contributed by atoms with Crippen molar-refractivity contribution in [3.8, 4) is 5.69 Å². The summed E-state index contributed by atoms with van der Waals surface area (Å²) in [6.45, 7) is 6.22. The zero-order valence-electron chi connectivity index (χ0n) is 21.3. The molecule has 1 aliphatic heterocycles. The van der Waals surface area contributed by atoms with Gasteiger partial charge in [-0.15, -0.1) is 0 Å². The predicted molar refractivity (Wildman–Crippen MR) is 148 cm³/mol. The Morgan fingerprint density at radius 1 is 0.919 bits per heavy atom. The summed E-state index contributed by atoms with van der Waals surface area (Å²) in [7, 11) is -3.53. The van der Waals surface area contributed by atoms with Crippen molar-refractivity contribution >= 4 is 33.0 Å². The molecule has 0 radical (unpaired) electrons. The van der Waals surface area contributed by atoms with Gasteiger partial charge in [0.1, 0.15) is 11.6 Å². The van der Waals surface area contributed by atoms with E-state index in [1.54, 1.807) is 10.4 Å². The van der Waals surface area contributed by atoms with Crippen molar-refractivity contribution in [2.45, 2.75) is 33.1 Å². The Kier molecular flexibility index (Phi) is 7.34. The van der Waals surface area contributed by atoms with E-state index in [0.717, 1.165) is 52.5 Å². The molecule has 1 saturated heterocycles. The molecule has 0 bridgehead atoms. The van der Waals surface area contributed by atoms with Crippen molar-refractivity contribution < 1.29 is 8.42 Å². The zero-order chi connectivity index (χ0) is 25.8.